The van der Waals surface area contributed by atoms with Crippen molar-refractivity contribution in [2.45, 2.75) is 59.3 Å². The van der Waals surface area contributed by atoms with Gasteiger partial charge in [0.2, 0.25) is 0 Å². The van der Waals surface area contributed by atoms with Crippen molar-refractivity contribution in [3.05, 3.63) is 52.4 Å². The van der Waals surface area contributed by atoms with E-state index in [2.05, 4.69) is 33.0 Å². The number of phenols is 1. The molecule has 142 valence electrons. The van der Waals surface area contributed by atoms with Crippen LogP contribution in [0, 0.1) is 10.8 Å². The van der Waals surface area contributed by atoms with Gasteiger partial charge in [-0.2, -0.15) is 0 Å². The average molecular weight is 365 g/mol. The fourth-order valence-corrected chi connectivity index (χ4v) is 4.89. The third-order valence-corrected chi connectivity index (χ3v) is 5.95. The summed E-state index contributed by atoms with van der Waals surface area (Å²) in [6.07, 6.45) is 2.58. The lowest BCUT2D eigenvalue weighted by Gasteiger charge is -2.44. The number of Topliss-reactive ketones (excluding diaryl/α,β-unsaturated/α-hetero) is 2. The Labute approximate surface area is 160 Å². The summed E-state index contributed by atoms with van der Waals surface area (Å²) in [5.74, 6) is 0.0966. The third kappa shape index (κ3) is 3.11. The van der Waals surface area contributed by atoms with Gasteiger partial charge >= 0.3 is 0 Å². The van der Waals surface area contributed by atoms with Crippen molar-refractivity contribution >= 4 is 11.6 Å². The Kier molecular flexibility index (Phi) is 3.88. The van der Waals surface area contributed by atoms with Crippen LogP contribution in [0.3, 0.4) is 0 Å². The summed E-state index contributed by atoms with van der Waals surface area (Å²) in [6, 6.07) is 6.93. The van der Waals surface area contributed by atoms with Gasteiger partial charge in [0.1, 0.15) is 5.75 Å². The van der Waals surface area contributed by atoms with E-state index in [1.165, 1.54) is 0 Å². The predicted octanol–water partition coefficient (Wildman–Crippen LogP) is 4.37. The fourth-order valence-electron chi connectivity index (χ4n) is 4.89. The Morgan fingerprint density at radius 1 is 0.815 bits per heavy atom. The molecule has 4 nitrogen and oxygen atoms in total. The first-order valence-electron chi connectivity index (χ1n) is 9.65. The Hall–Kier alpha value is -2.36. The highest BCUT2D eigenvalue weighted by atomic mass is 16.3. The maximum absolute atomic E-state index is 13.1. The lowest BCUT2D eigenvalue weighted by atomic mass is 9.64. The number of hydrogen-bond acceptors (Lipinski definition) is 4. The molecule has 1 aromatic rings. The highest BCUT2D eigenvalue weighted by Crippen LogP contribution is 2.50. The lowest BCUT2D eigenvalue weighted by molar-refractivity contribution is -0.119. The van der Waals surface area contributed by atoms with E-state index in [1.54, 1.807) is 12.1 Å². The molecule has 0 spiro atoms. The summed E-state index contributed by atoms with van der Waals surface area (Å²) in [4.78, 5) is 26.2. The van der Waals surface area contributed by atoms with Crippen molar-refractivity contribution in [3.63, 3.8) is 0 Å². The smallest absolute Gasteiger partial charge is 0.162 e. The number of dihydropyridines is 1. The van der Waals surface area contributed by atoms with Crippen LogP contribution in [0.5, 0.6) is 5.75 Å². The van der Waals surface area contributed by atoms with Gasteiger partial charge < -0.3 is 10.4 Å². The predicted molar refractivity (Wildman–Crippen MR) is 104 cm³/mol. The molecule has 0 aromatic heterocycles. The molecule has 3 aliphatic rings. The van der Waals surface area contributed by atoms with E-state index >= 15 is 0 Å². The highest BCUT2D eigenvalue weighted by Gasteiger charge is 2.46. The van der Waals surface area contributed by atoms with Crippen LogP contribution in [0.4, 0.5) is 0 Å². The summed E-state index contributed by atoms with van der Waals surface area (Å²) in [6.45, 7) is 8.47. The third-order valence-electron chi connectivity index (χ3n) is 5.95. The van der Waals surface area contributed by atoms with Gasteiger partial charge in [0, 0.05) is 41.3 Å². The quantitative estimate of drug-likeness (QED) is 0.776. The SMILES string of the molecule is CC1(C)CC(=O)C2=C(C1)NC1=C(C(=O)CC(C)(C)C1)C2c1ccc(O)cc1. The van der Waals surface area contributed by atoms with E-state index in [1.807, 2.05) is 12.1 Å². The summed E-state index contributed by atoms with van der Waals surface area (Å²) in [5.41, 5.74) is 4.15. The maximum atomic E-state index is 13.1. The second-order valence-corrected chi connectivity index (χ2v) is 9.82. The van der Waals surface area contributed by atoms with Gasteiger partial charge in [-0.25, -0.2) is 0 Å². The van der Waals surface area contributed by atoms with Crippen LogP contribution in [-0.2, 0) is 9.59 Å². The van der Waals surface area contributed by atoms with Gasteiger partial charge in [-0.15, -0.1) is 0 Å². The van der Waals surface area contributed by atoms with Crippen molar-refractivity contribution in [2.24, 2.45) is 10.8 Å². The Balaban J connectivity index is 1.90. The van der Waals surface area contributed by atoms with E-state index < -0.39 is 0 Å². The molecule has 4 rings (SSSR count). The molecule has 2 N–H and O–H groups in total. The minimum absolute atomic E-state index is 0.0886. The second kappa shape index (κ2) is 5.82. The molecule has 1 heterocycles. The largest absolute Gasteiger partial charge is 0.508 e. The molecule has 4 heteroatoms. The van der Waals surface area contributed by atoms with Crippen LogP contribution in [-0.4, -0.2) is 16.7 Å². The van der Waals surface area contributed by atoms with Gasteiger partial charge in [-0.1, -0.05) is 39.8 Å². The van der Waals surface area contributed by atoms with Crippen LogP contribution in [0.2, 0.25) is 0 Å². The van der Waals surface area contributed by atoms with Gasteiger partial charge in [0.15, 0.2) is 11.6 Å². The monoisotopic (exact) mass is 365 g/mol. The van der Waals surface area contributed by atoms with E-state index in [4.69, 9.17) is 0 Å². The molecule has 0 saturated carbocycles. The number of nitrogens with one attached hydrogen (secondary N) is 1. The molecule has 0 fully saturated rings. The Morgan fingerprint density at radius 2 is 1.26 bits per heavy atom. The van der Waals surface area contributed by atoms with Crippen molar-refractivity contribution < 1.29 is 14.7 Å². The van der Waals surface area contributed by atoms with Gasteiger partial charge in [0.25, 0.3) is 0 Å². The second-order valence-electron chi connectivity index (χ2n) is 9.82. The van der Waals surface area contributed by atoms with Crippen LogP contribution < -0.4 is 5.32 Å². The number of allylic oxidation sites excluding steroid dienone is 4. The molecule has 0 saturated heterocycles. The molecule has 0 amide bonds. The van der Waals surface area contributed by atoms with Gasteiger partial charge in [0.05, 0.1) is 0 Å². The van der Waals surface area contributed by atoms with Crippen LogP contribution in [0.25, 0.3) is 0 Å². The normalized spacial score (nSPS) is 24.4. The van der Waals surface area contributed by atoms with Crippen molar-refractivity contribution in [3.8, 4) is 5.75 Å². The van der Waals surface area contributed by atoms with Crippen LogP contribution in [0.15, 0.2) is 46.8 Å². The number of phenolic OH excluding ortho intramolecular Hbond substituents is 1. The zero-order chi connectivity index (χ0) is 19.6. The fraction of sp³-hybridized carbons (Fsp3) is 0.478. The van der Waals surface area contributed by atoms with E-state index in [-0.39, 0.29) is 34.1 Å². The molecule has 0 bridgehead atoms. The minimum Gasteiger partial charge on any atom is -0.508 e. The number of ketones is 2. The summed E-state index contributed by atoms with van der Waals surface area (Å²) in [5, 5.41) is 13.2. The number of hydrogen-bond donors (Lipinski definition) is 2. The molecular weight excluding hydrogens is 338 g/mol. The first-order chi connectivity index (χ1) is 12.6. The van der Waals surface area contributed by atoms with E-state index in [9.17, 15) is 14.7 Å². The zero-order valence-corrected chi connectivity index (χ0v) is 16.5. The van der Waals surface area contributed by atoms with Crippen LogP contribution in [0.1, 0.15) is 64.9 Å². The summed E-state index contributed by atoms with van der Waals surface area (Å²) < 4.78 is 0. The molecular formula is C23H27NO3. The Bertz CT molecular complexity index is 848. The standard InChI is InChI=1S/C23H27NO3/c1-22(2)9-15-20(17(26)11-22)19(13-5-7-14(25)8-6-13)21-16(24-15)10-23(3,4)12-18(21)27/h5-8,19,24-25H,9-12H2,1-4H3. The number of rotatable bonds is 1. The first-order valence-corrected chi connectivity index (χ1v) is 9.65. The molecule has 27 heavy (non-hydrogen) atoms. The number of benzene rings is 1. The number of carbonyl (C=O) groups excluding carboxylic acids is 2. The molecule has 1 aliphatic heterocycles. The molecule has 2 aliphatic carbocycles. The first kappa shape index (κ1) is 18.0. The summed E-state index contributed by atoms with van der Waals surface area (Å²) >= 11 is 0. The Morgan fingerprint density at radius 3 is 1.70 bits per heavy atom. The highest BCUT2D eigenvalue weighted by molar-refractivity contribution is 6.06. The maximum Gasteiger partial charge on any atom is 0.162 e. The molecule has 0 radical (unpaired) electrons. The van der Waals surface area contributed by atoms with Crippen molar-refractivity contribution in [1.82, 2.24) is 5.32 Å². The summed E-state index contributed by atoms with van der Waals surface area (Å²) in [7, 11) is 0. The minimum atomic E-state index is -0.330. The average Bonchev–Trinajstić information content (AvgIpc) is 2.51. The van der Waals surface area contributed by atoms with Crippen molar-refractivity contribution in [1.29, 1.82) is 0 Å². The van der Waals surface area contributed by atoms with Crippen molar-refractivity contribution in [2.75, 3.05) is 0 Å². The topological polar surface area (TPSA) is 66.4 Å². The zero-order valence-electron chi connectivity index (χ0n) is 16.5. The van der Waals surface area contributed by atoms with Gasteiger partial charge in [-0.05, 0) is 41.4 Å². The number of carbonyl (C=O) groups is 2. The lowest BCUT2D eigenvalue weighted by Crippen LogP contribution is -2.42. The van der Waals surface area contributed by atoms with Gasteiger partial charge in [-0.3, -0.25) is 9.59 Å². The number of aromatic hydroxyl groups is 1. The van der Waals surface area contributed by atoms with Crippen LogP contribution >= 0.6 is 0 Å². The van der Waals surface area contributed by atoms with E-state index in [0.29, 0.717) is 12.8 Å². The molecule has 0 unspecified atom stereocenters. The molecule has 1 aromatic carbocycles. The molecule has 0 atom stereocenters. The van der Waals surface area contributed by atoms with E-state index in [0.717, 1.165) is 40.9 Å².